The van der Waals surface area contributed by atoms with Crippen LogP contribution < -0.4 is 0 Å². The second-order valence-electron chi connectivity index (χ2n) is 12.9. The summed E-state index contributed by atoms with van der Waals surface area (Å²) in [5, 5.41) is 1.28. The molecule has 0 aromatic heterocycles. The van der Waals surface area contributed by atoms with Gasteiger partial charge in [0.1, 0.15) is 7.85 Å². The minimum Gasteiger partial charge on any atom is -0.176 e. The maximum absolute atomic E-state index is 5.41. The van der Waals surface area contributed by atoms with Gasteiger partial charge in [0.2, 0.25) is 0 Å². The Morgan fingerprint density at radius 2 is 1.25 bits per heavy atom. The van der Waals surface area contributed by atoms with E-state index < -0.39 is 0 Å². The van der Waals surface area contributed by atoms with Crippen LogP contribution in [0.1, 0.15) is 123 Å². The van der Waals surface area contributed by atoms with Gasteiger partial charge in [-0.1, -0.05) is 90.3 Å². The van der Waals surface area contributed by atoms with Crippen molar-refractivity contribution < 1.29 is 0 Å². The van der Waals surface area contributed by atoms with Crippen LogP contribution in [0.3, 0.4) is 0 Å². The summed E-state index contributed by atoms with van der Waals surface area (Å²) < 4.78 is 0. The molecular weight excluding hydrogens is 423 g/mol. The van der Waals surface area contributed by atoms with Gasteiger partial charge in [0, 0.05) is 10.5 Å². The van der Waals surface area contributed by atoms with E-state index in [0.29, 0.717) is 15.9 Å². The first kappa shape index (κ1) is 25.8. The highest BCUT2D eigenvalue weighted by molar-refractivity contribution is 7.81. The zero-order chi connectivity index (χ0) is 22.7. The van der Waals surface area contributed by atoms with Crippen molar-refractivity contribution in [2.24, 2.45) is 40.9 Å². The third-order valence-corrected chi connectivity index (χ3v) is 12.7. The van der Waals surface area contributed by atoms with Gasteiger partial charge >= 0.3 is 0 Å². The molecule has 0 heterocycles. The molecule has 4 saturated carbocycles. The highest BCUT2D eigenvalue weighted by Crippen LogP contribution is 2.64. The first-order chi connectivity index (χ1) is 15.5. The lowest BCUT2D eigenvalue weighted by atomic mass is 9.43. The van der Waals surface area contributed by atoms with Crippen molar-refractivity contribution in [3.05, 3.63) is 0 Å². The summed E-state index contributed by atoms with van der Waals surface area (Å²) in [5.41, 5.74) is 0.499. The van der Waals surface area contributed by atoms with Crippen molar-refractivity contribution >= 4 is 33.1 Å². The fourth-order valence-electron chi connectivity index (χ4n) is 9.91. The molecule has 32 heavy (non-hydrogen) atoms. The highest BCUT2D eigenvalue weighted by Gasteiger charge is 2.57. The summed E-state index contributed by atoms with van der Waals surface area (Å²) in [6.07, 6.45) is 24.6. The van der Waals surface area contributed by atoms with Crippen LogP contribution in [0.15, 0.2) is 0 Å². The molecule has 0 radical (unpaired) electrons. The van der Waals surface area contributed by atoms with E-state index >= 15 is 0 Å². The Bertz CT molecular complexity index is 568. The molecule has 184 valence electrons. The molecule has 0 saturated heterocycles. The predicted molar refractivity (Wildman–Crippen MR) is 151 cm³/mol. The molecule has 7 unspecified atom stereocenters. The maximum Gasteiger partial charge on any atom is 0.105 e. The monoisotopic (exact) mass is 476 g/mol. The number of hydrogen-bond acceptors (Lipinski definition) is 2. The lowest BCUT2D eigenvalue weighted by molar-refractivity contribution is -0.115. The Hall–Kier alpha value is 0.765. The molecule has 4 rings (SSSR count). The summed E-state index contributed by atoms with van der Waals surface area (Å²) >= 11 is 10.4. The zero-order valence-electron chi connectivity index (χ0n) is 21.6. The van der Waals surface area contributed by atoms with Gasteiger partial charge in [-0.05, 0) is 79.4 Å². The van der Waals surface area contributed by atoms with Gasteiger partial charge in [0.25, 0.3) is 0 Å². The van der Waals surface area contributed by atoms with E-state index in [2.05, 4.69) is 21.7 Å². The molecule has 0 aromatic carbocycles. The average molecular weight is 477 g/mol. The Balaban J connectivity index is 1.77. The molecule has 0 nitrogen and oxygen atoms in total. The topological polar surface area (TPSA) is 0 Å². The van der Waals surface area contributed by atoms with Crippen molar-refractivity contribution in [2.75, 3.05) is 0 Å². The largest absolute Gasteiger partial charge is 0.176 e. The van der Waals surface area contributed by atoms with E-state index in [1.807, 2.05) is 0 Å². The molecular formula is C29H53BS2. The number of hydrogen-bond donors (Lipinski definition) is 2. The van der Waals surface area contributed by atoms with Crippen LogP contribution in [-0.2, 0) is 0 Å². The Morgan fingerprint density at radius 3 is 1.91 bits per heavy atom. The molecule has 3 heteroatoms. The van der Waals surface area contributed by atoms with Gasteiger partial charge in [-0.25, -0.2) is 0 Å². The summed E-state index contributed by atoms with van der Waals surface area (Å²) in [6, 6.07) is 0. The quantitative estimate of drug-likeness (QED) is 0.279. The summed E-state index contributed by atoms with van der Waals surface area (Å²) in [7, 11) is 2.61. The normalized spacial score (nSPS) is 41.5. The second kappa shape index (κ2) is 11.7. The fraction of sp³-hybridized carbons (Fsp3) is 1.00. The maximum atomic E-state index is 5.41. The fourth-order valence-corrected chi connectivity index (χ4v) is 10.8. The predicted octanol–water partition coefficient (Wildman–Crippen LogP) is 8.41. The molecule has 0 N–H and O–H groups in total. The van der Waals surface area contributed by atoms with Crippen molar-refractivity contribution in [3.8, 4) is 0 Å². The Labute approximate surface area is 212 Å². The Kier molecular flexibility index (Phi) is 9.42. The lowest BCUT2D eigenvalue weighted by Crippen LogP contribution is -2.56. The number of thiol groups is 2. The van der Waals surface area contributed by atoms with Crippen molar-refractivity contribution in [1.82, 2.24) is 0 Å². The third-order valence-electron chi connectivity index (χ3n) is 11.5. The van der Waals surface area contributed by atoms with Gasteiger partial charge in [-0.3, -0.25) is 0 Å². The van der Waals surface area contributed by atoms with Crippen LogP contribution in [0.5, 0.6) is 0 Å². The van der Waals surface area contributed by atoms with Crippen molar-refractivity contribution in [3.63, 3.8) is 0 Å². The third kappa shape index (κ3) is 5.15. The van der Waals surface area contributed by atoms with Crippen LogP contribution >= 0.6 is 25.3 Å². The van der Waals surface area contributed by atoms with Crippen LogP contribution in [0.25, 0.3) is 0 Å². The molecule has 4 aliphatic carbocycles. The van der Waals surface area contributed by atoms with Crippen LogP contribution in [0.2, 0.25) is 5.82 Å². The van der Waals surface area contributed by atoms with Crippen LogP contribution in [0.4, 0.5) is 0 Å². The van der Waals surface area contributed by atoms with Gasteiger partial charge in [-0.2, -0.15) is 25.3 Å². The zero-order valence-corrected chi connectivity index (χ0v) is 23.4. The second-order valence-corrected chi connectivity index (χ2v) is 14.3. The van der Waals surface area contributed by atoms with E-state index in [1.54, 1.807) is 0 Å². The molecule has 0 bridgehead atoms. The molecule has 0 spiro atoms. The minimum atomic E-state index is 0.499. The first-order valence-corrected chi connectivity index (χ1v) is 15.9. The van der Waals surface area contributed by atoms with E-state index in [1.165, 1.54) is 109 Å². The molecule has 0 aromatic rings. The van der Waals surface area contributed by atoms with E-state index in [9.17, 15) is 0 Å². The molecule has 0 amide bonds. The number of rotatable bonds is 6. The van der Waals surface area contributed by atoms with Crippen LogP contribution in [0, 0.1) is 40.9 Å². The first-order valence-electron chi connectivity index (χ1n) is 14.8. The van der Waals surface area contributed by atoms with Gasteiger partial charge in [-0.15, -0.1) is 0 Å². The van der Waals surface area contributed by atoms with Gasteiger partial charge < -0.3 is 0 Å². The smallest absolute Gasteiger partial charge is 0.105 e. The van der Waals surface area contributed by atoms with E-state index in [0.717, 1.165) is 41.3 Å². The Morgan fingerprint density at radius 1 is 0.656 bits per heavy atom. The molecule has 4 aliphatic rings. The molecule has 4 fully saturated rings. The molecule has 0 aliphatic heterocycles. The average Bonchev–Trinajstić information content (AvgIpc) is 2.82. The van der Waals surface area contributed by atoms with E-state index in [4.69, 9.17) is 25.3 Å². The highest BCUT2D eigenvalue weighted by atomic mass is 32.1. The SMILES string of the molecule is BC1CCCCC1C(C)C(C1CCC(S)CC1)(C(C)C1CCCCC1)C1CCCCC1S. The molecule has 7 atom stereocenters. The van der Waals surface area contributed by atoms with Crippen molar-refractivity contribution in [1.29, 1.82) is 0 Å². The summed E-state index contributed by atoms with van der Waals surface area (Å²) in [4.78, 5) is 0. The van der Waals surface area contributed by atoms with Crippen molar-refractivity contribution in [2.45, 2.75) is 139 Å². The van der Waals surface area contributed by atoms with Gasteiger partial charge in [0.15, 0.2) is 0 Å². The standard InChI is InChI=1S/C29H53BS2/c1-20(22-10-4-3-5-11-22)29(23-16-18-24(31)19-17-23,26-13-7-9-15-28(26)32)21(2)25-12-6-8-14-27(25)30/h20-28,31-32H,3-19,30H2,1-2H3. The van der Waals surface area contributed by atoms with E-state index in [-0.39, 0.29) is 0 Å². The summed E-state index contributed by atoms with van der Waals surface area (Å²) in [6.45, 7) is 5.54. The lowest BCUT2D eigenvalue weighted by Gasteiger charge is -2.62. The minimum absolute atomic E-state index is 0.499. The van der Waals surface area contributed by atoms with Gasteiger partial charge in [0.05, 0.1) is 0 Å². The summed E-state index contributed by atoms with van der Waals surface area (Å²) in [5.74, 6) is 6.28. The van der Waals surface area contributed by atoms with Crippen LogP contribution in [-0.4, -0.2) is 18.3 Å².